The Morgan fingerprint density at radius 3 is 1.81 bits per heavy atom. The first-order valence-corrected chi connectivity index (χ1v) is 13.5. The molecule has 0 amide bonds. The molecule has 0 aliphatic rings. The SMILES string of the molecule is [Pt+2].[c-]1c(Oc2[c-]c3c(cc2)c2cc(-c4ccccc4)ccc2n2ccnc32)ccc2c1c1nccn1c1ccccc21. The maximum absolute atomic E-state index is 6.38. The average molecular weight is 720 g/mol. The molecular weight excluding hydrogens is 700 g/mol. The Morgan fingerprint density at radius 2 is 1.12 bits per heavy atom. The summed E-state index contributed by atoms with van der Waals surface area (Å²) < 4.78 is 10.6. The van der Waals surface area contributed by atoms with Gasteiger partial charge in [-0.15, -0.1) is 12.1 Å². The quantitative estimate of drug-likeness (QED) is 0.136. The zero-order valence-corrected chi connectivity index (χ0v) is 24.3. The van der Waals surface area contributed by atoms with Crippen molar-refractivity contribution in [2.45, 2.75) is 0 Å². The fraction of sp³-hybridized carbons (Fsp3) is 0. The Balaban J connectivity index is 0.00000267. The van der Waals surface area contributed by atoms with Gasteiger partial charge in [0.25, 0.3) is 0 Å². The first kappa shape index (κ1) is 24.8. The summed E-state index contributed by atoms with van der Waals surface area (Å²) in [4.78, 5) is 9.31. The minimum absolute atomic E-state index is 0. The number of hydrogen-bond acceptors (Lipinski definition) is 3. The van der Waals surface area contributed by atoms with Gasteiger partial charge in [0.2, 0.25) is 0 Å². The van der Waals surface area contributed by atoms with Crippen molar-refractivity contribution in [3.63, 3.8) is 0 Å². The number of rotatable bonds is 3. The molecule has 6 heteroatoms. The van der Waals surface area contributed by atoms with Gasteiger partial charge >= 0.3 is 21.1 Å². The molecule has 0 atom stereocenters. The molecule has 0 spiro atoms. The van der Waals surface area contributed by atoms with Gasteiger partial charge < -0.3 is 13.5 Å². The minimum Gasteiger partial charge on any atom is -0.497 e. The molecule has 0 aliphatic heterocycles. The molecule has 0 saturated heterocycles. The summed E-state index contributed by atoms with van der Waals surface area (Å²) in [7, 11) is 0. The molecular formula is C36H20N4OPt. The van der Waals surface area contributed by atoms with Gasteiger partial charge in [0.05, 0.1) is 11.3 Å². The molecule has 4 heterocycles. The van der Waals surface area contributed by atoms with E-state index in [2.05, 4.69) is 104 Å². The van der Waals surface area contributed by atoms with Crippen LogP contribution in [-0.4, -0.2) is 18.8 Å². The van der Waals surface area contributed by atoms with Crippen LogP contribution in [0, 0.1) is 12.1 Å². The van der Waals surface area contributed by atoms with Crippen LogP contribution >= 0.6 is 0 Å². The van der Waals surface area contributed by atoms with E-state index >= 15 is 0 Å². The Bertz CT molecular complexity index is 2460. The maximum Gasteiger partial charge on any atom is 2.00 e. The normalized spacial score (nSPS) is 11.6. The monoisotopic (exact) mass is 719 g/mol. The van der Waals surface area contributed by atoms with Crippen molar-refractivity contribution in [1.82, 2.24) is 18.8 Å². The predicted molar refractivity (Wildman–Crippen MR) is 164 cm³/mol. The second-order valence-electron chi connectivity index (χ2n) is 10.2. The molecule has 0 bridgehead atoms. The Morgan fingerprint density at radius 1 is 0.524 bits per heavy atom. The largest absolute Gasteiger partial charge is 2.00 e. The summed E-state index contributed by atoms with van der Waals surface area (Å²) in [5, 5.41) is 6.29. The average Bonchev–Trinajstić information content (AvgIpc) is 3.73. The molecule has 4 aromatic heterocycles. The Hall–Kier alpha value is -4.99. The van der Waals surface area contributed by atoms with Crippen LogP contribution < -0.4 is 4.74 Å². The molecule has 42 heavy (non-hydrogen) atoms. The smallest absolute Gasteiger partial charge is 0.497 e. The third-order valence-corrected chi connectivity index (χ3v) is 7.89. The summed E-state index contributed by atoms with van der Waals surface area (Å²) in [6.07, 6.45) is 7.64. The van der Waals surface area contributed by atoms with Gasteiger partial charge in [-0.1, -0.05) is 106 Å². The Labute approximate surface area is 254 Å². The van der Waals surface area contributed by atoms with Crippen molar-refractivity contribution in [3.05, 3.63) is 134 Å². The molecule has 0 N–H and O–H groups in total. The number of nitrogens with zero attached hydrogens (tertiary/aromatic N) is 4. The summed E-state index contributed by atoms with van der Waals surface area (Å²) in [6.45, 7) is 0. The molecule has 5 nitrogen and oxygen atoms in total. The second-order valence-corrected chi connectivity index (χ2v) is 10.2. The summed E-state index contributed by atoms with van der Waals surface area (Å²) in [5.41, 5.74) is 6.27. The molecule has 0 aliphatic carbocycles. The molecule has 0 saturated carbocycles. The van der Waals surface area contributed by atoms with Crippen LogP contribution in [0.5, 0.6) is 11.5 Å². The van der Waals surface area contributed by atoms with Crippen molar-refractivity contribution < 1.29 is 25.8 Å². The van der Waals surface area contributed by atoms with Crippen LogP contribution in [0.2, 0.25) is 0 Å². The number of aromatic nitrogens is 4. The third-order valence-electron chi connectivity index (χ3n) is 7.89. The van der Waals surface area contributed by atoms with E-state index in [4.69, 9.17) is 4.74 Å². The first-order chi connectivity index (χ1) is 20.3. The topological polar surface area (TPSA) is 43.8 Å². The molecule has 9 rings (SSSR count). The van der Waals surface area contributed by atoms with Crippen molar-refractivity contribution in [2.75, 3.05) is 0 Å². The van der Waals surface area contributed by atoms with E-state index in [-0.39, 0.29) is 21.1 Å². The van der Waals surface area contributed by atoms with Crippen molar-refractivity contribution in [2.24, 2.45) is 0 Å². The molecule has 5 aromatic carbocycles. The van der Waals surface area contributed by atoms with Crippen molar-refractivity contribution >= 4 is 54.6 Å². The van der Waals surface area contributed by atoms with E-state index in [1.807, 2.05) is 49.1 Å². The number of hydrogen-bond donors (Lipinski definition) is 0. The van der Waals surface area contributed by atoms with E-state index in [9.17, 15) is 0 Å². The van der Waals surface area contributed by atoms with E-state index in [0.29, 0.717) is 11.5 Å². The first-order valence-electron chi connectivity index (χ1n) is 13.5. The van der Waals surface area contributed by atoms with Gasteiger partial charge in [-0.05, 0) is 34.0 Å². The molecule has 0 radical (unpaired) electrons. The predicted octanol–water partition coefficient (Wildman–Crippen LogP) is 8.65. The summed E-state index contributed by atoms with van der Waals surface area (Å²) in [5.74, 6) is 1.22. The van der Waals surface area contributed by atoms with Crippen LogP contribution in [0.25, 0.3) is 65.8 Å². The molecule has 0 fully saturated rings. The van der Waals surface area contributed by atoms with Crippen molar-refractivity contribution in [1.29, 1.82) is 0 Å². The molecule has 200 valence electrons. The van der Waals surface area contributed by atoms with Gasteiger partial charge in [0.1, 0.15) is 0 Å². The van der Waals surface area contributed by atoms with Gasteiger partial charge in [-0.2, -0.15) is 0 Å². The Kier molecular flexibility index (Phi) is 5.63. The zero-order valence-electron chi connectivity index (χ0n) is 22.1. The zero-order chi connectivity index (χ0) is 26.9. The molecule has 9 aromatic rings. The number of imidazole rings is 2. The second kappa shape index (κ2) is 9.54. The van der Waals surface area contributed by atoms with Crippen LogP contribution in [-0.2, 0) is 21.1 Å². The van der Waals surface area contributed by atoms with E-state index < -0.39 is 0 Å². The minimum atomic E-state index is 0. The number of para-hydroxylation sites is 1. The fourth-order valence-corrected chi connectivity index (χ4v) is 6.04. The third kappa shape index (κ3) is 3.67. The summed E-state index contributed by atoms with van der Waals surface area (Å²) in [6, 6.07) is 40.5. The van der Waals surface area contributed by atoms with Gasteiger partial charge in [-0.3, -0.25) is 9.97 Å². The number of fused-ring (bicyclic) bond motifs is 12. The maximum atomic E-state index is 6.38. The van der Waals surface area contributed by atoms with Gasteiger partial charge in [0, 0.05) is 47.3 Å². The van der Waals surface area contributed by atoms with Crippen LogP contribution in [0.4, 0.5) is 0 Å². The van der Waals surface area contributed by atoms with Crippen LogP contribution in [0.3, 0.4) is 0 Å². The number of benzene rings is 5. The standard InChI is InChI=1S/C36H20N4O.Pt/c1-2-6-23(7-3-1)24-10-15-34-30(20-24)28-14-12-26(22-32(28)36-38-17-19-40(34)36)41-25-11-13-27-29-8-4-5-9-33(29)39-18-16-37-35(39)31(27)21-25;/h1-20H;/q-2;+2. The van der Waals surface area contributed by atoms with E-state index in [1.54, 1.807) is 0 Å². The molecule has 0 unspecified atom stereocenters. The van der Waals surface area contributed by atoms with Gasteiger partial charge in [-0.25, -0.2) is 0 Å². The van der Waals surface area contributed by atoms with Gasteiger partial charge in [0.15, 0.2) is 0 Å². The van der Waals surface area contributed by atoms with E-state index in [1.165, 1.54) is 11.1 Å². The van der Waals surface area contributed by atoms with Crippen LogP contribution in [0.1, 0.15) is 0 Å². The number of ether oxygens (including phenoxy) is 1. The van der Waals surface area contributed by atoms with Crippen LogP contribution in [0.15, 0.2) is 122 Å². The number of pyridine rings is 2. The summed E-state index contributed by atoms with van der Waals surface area (Å²) >= 11 is 0. The fourth-order valence-electron chi connectivity index (χ4n) is 6.04. The van der Waals surface area contributed by atoms with Crippen molar-refractivity contribution in [3.8, 4) is 22.6 Å². The van der Waals surface area contributed by atoms with E-state index in [0.717, 1.165) is 54.6 Å².